The lowest BCUT2D eigenvalue weighted by Gasteiger charge is -2.36. The van der Waals surface area contributed by atoms with E-state index in [2.05, 4.69) is 24.1 Å². The molecule has 1 N–H and O–H groups in total. The summed E-state index contributed by atoms with van der Waals surface area (Å²) in [6.07, 6.45) is 5.77. The van der Waals surface area contributed by atoms with E-state index in [-0.39, 0.29) is 5.92 Å². The molecule has 2 aliphatic rings. The molecule has 0 aromatic rings. The predicted octanol–water partition coefficient (Wildman–Crippen LogP) is 2.02. The molecule has 3 heteroatoms. The second kappa shape index (κ2) is 5.85. The van der Waals surface area contributed by atoms with E-state index in [0.717, 1.165) is 38.4 Å². The van der Waals surface area contributed by atoms with Crippen LogP contribution < -0.4 is 5.32 Å². The maximum atomic E-state index is 12.5. The first kappa shape index (κ1) is 12.9. The molecule has 2 saturated heterocycles. The van der Waals surface area contributed by atoms with Gasteiger partial charge in [0.2, 0.25) is 5.91 Å². The molecule has 1 unspecified atom stereocenters. The number of nitrogens with one attached hydrogen (secondary N) is 1. The maximum absolute atomic E-state index is 12.5. The van der Waals surface area contributed by atoms with Gasteiger partial charge in [-0.15, -0.1) is 0 Å². The molecule has 98 valence electrons. The van der Waals surface area contributed by atoms with Crippen molar-refractivity contribution in [1.82, 2.24) is 10.2 Å². The highest BCUT2D eigenvalue weighted by Gasteiger charge is 2.30. The van der Waals surface area contributed by atoms with Crippen LogP contribution in [0.25, 0.3) is 0 Å². The Kier molecular flexibility index (Phi) is 4.43. The number of piperidine rings is 2. The summed E-state index contributed by atoms with van der Waals surface area (Å²) in [5.74, 6) is 1.45. The molecule has 0 spiro atoms. The fourth-order valence-corrected chi connectivity index (χ4v) is 3.21. The van der Waals surface area contributed by atoms with Crippen LogP contribution in [0.15, 0.2) is 0 Å². The minimum absolute atomic E-state index is 0.279. The second-order valence-corrected chi connectivity index (χ2v) is 5.78. The first-order valence-corrected chi connectivity index (χ1v) is 7.23. The van der Waals surface area contributed by atoms with E-state index in [1.807, 2.05) is 0 Å². The Morgan fingerprint density at radius 3 is 2.94 bits per heavy atom. The van der Waals surface area contributed by atoms with Crippen molar-refractivity contribution in [3.63, 3.8) is 0 Å². The largest absolute Gasteiger partial charge is 0.342 e. The van der Waals surface area contributed by atoms with Gasteiger partial charge in [0.25, 0.3) is 0 Å². The van der Waals surface area contributed by atoms with Crippen LogP contribution in [-0.2, 0) is 4.79 Å². The van der Waals surface area contributed by atoms with Crippen LogP contribution in [0.5, 0.6) is 0 Å². The van der Waals surface area contributed by atoms with Crippen molar-refractivity contribution in [2.24, 2.45) is 11.8 Å². The van der Waals surface area contributed by atoms with E-state index in [9.17, 15) is 4.79 Å². The normalized spacial score (nSPS) is 34.7. The van der Waals surface area contributed by atoms with Crippen LogP contribution in [-0.4, -0.2) is 36.5 Å². The maximum Gasteiger partial charge on any atom is 0.225 e. The molecule has 17 heavy (non-hydrogen) atoms. The van der Waals surface area contributed by atoms with Crippen LogP contribution >= 0.6 is 0 Å². The van der Waals surface area contributed by atoms with Gasteiger partial charge in [-0.1, -0.05) is 13.3 Å². The number of likely N-dealkylation sites (tertiary alicyclic amines) is 1. The van der Waals surface area contributed by atoms with Gasteiger partial charge in [-0.3, -0.25) is 4.79 Å². The zero-order valence-corrected chi connectivity index (χ0v) is 11.2. The van der Waals surface area contributed by atoms with E-state index >= 15 is 0 Å². The van der Waals surface area contributed by atoms with Gasteiger partial charge in [0.1, 0.15) is 0 Å². The molecule has 3 nitrogen and oxygen atoms in total. The number of hydrogen-bond donors (Lipinski definition) is 1. The van der Waals surface area contributed by atoms with Crippen molar-refractivity contribution in [3.8, 4) is 0 Å². The molecular formula is C14H26N2O. The van der Waals surface area contributed by atoms with Crippen LogP contribution in [0, 0.1) is 11.8 Å². The van der Waals surface area contributed by atoms with Crippen LogP contribution in [0.4, 0.5) is 0 Å². The number of carbonyl (C=O) groups is 1. The Morgan fingerprint density at radius 1 is 1.41 bits per heavy atom. The zero-order valence-electron chi connectivity index (χ0n) is 11.2. The SMILES string of the molecule is CCC1CCCN(C(=O)[C@H]2CCN[C@@H](C)C2)C1. The molecule has 3 atom stereocenters. The Morgan fingerprint density at radius 2 is 2.24 bits per heavy atom. The highest BCUT2D eigenvalue weighted by Crippen LogP contribution is 2.24. The molecule has 2 fully saturated rings. The molecular weight excluding hydrogens is 212 g/mol. The third-order valence-corrected chi connectivity index (χ3v) is 4.38. The molecule has 2 aliphatic heterocycles. The summed E-state index contributed by atoms with van der Waals surface area (Å²) < 4.78 is 0. The average molecular weight is 238 g/mol. The van der Waals surface area contributed by atoms with E-state index in [1.54, 1.807) is 0 Å². The molecule has 2 heterocycles. The lowest BCUT2D eigenvalue weighted by molar-refractivity contribution is -0.138. The summed E-state index contributed by atoms with van der Waals surface area (Å²) in [5.41, 5.74) is 0. The standard InChI is InChI=1S/C14H26N2O/c1-3-12-5-4-8-16(10-12)14(17)13-6-7-15-11(2)9-13/h11-13,15H,3-10H2,1-2H3/t11-,12?,13-/m0/s1. The van der Waals surface area contributed by atoms with Gasteiger partial charge in [0.05, 0.1) is 0 Å². The van der Waals surface area contributed by atoms with Crippen LogP contribution in [0.3, 0.4) is 0 Å². The molecule has 0 aliphatic carbocycles. The second-order valence-electron chi connectivity index (χ2n) is 5.78. The summed E-state index contributed by atoms with van der Waals surface area (Å²) in [6, 6.07) is 0.504. The van der Waals surface area contributed by atoms with E-state index in [1.165, 1.54) is 19.3 Å². The first-order chi connectivity index (χ1) is 8.20. The molecule has 0 bridgehead atoms. The molecule has 0 aromatic heterocycles. The Labute approximate surface area is 105 Å². The van der Waals surface area contributed by atoms with Crippen molar-refractivity contribution in [3.05, 3.63) is 0 Å². The molecule has 0 aromatic carbocycles. The lowest BCUT2D eigenvalue weighted by Crippen LogP contribution is -2.47. The van der Waals surface area contributed by atoms with Crippen molar-refractivity contribution in [2.45, 2.75) is 52.0 Å². The van der Waals surface area contributed by atoms with Gasteiger partial charge < -0.3 is 10.2 Å². The zero-order chi connectivity index (χ0) is 12.3. The van der Waals surface area contributed by atoms with Crippen LogP contribution in [0.2, 0.25) is 0 Å². The van der Waals surface area contributed by atoms with Crippen molar-refractivity contribution < 1.29 is 4.79 Å². The fraction of sp³-hybridized carbons (Fsp3) is 0.929. The highest BCUT2D eigenvalue weighted by atomic mass is 16.2. The van der Waals surface area contributed by atoms with Gasteiger partial charge >= 0.3 is 0 Å². The number of hydrogen-bond acceptors (Lipinski definition) is 2. The lowest BCUT2D eigenvalue weighted by atomic mass is 9.89. The summed E-state index contributed by atoms with van der Waals surface area (Å²) >= 11 is 0. The summed E-state index contributed by atoms with van der Waals surface area (Å²) in [5, 5.41) is 3.42. The van der Waals surface area contributed by atoms with Crippen LogP contribution in [0.1, 0.15) is 46.0 Å². The predicted molar refractivity (Wildman–Crippen MR) is 69.8 cm³/mol. The first-order valence-electron chi connectivity index (χ1n) is 7.23. The van der Waals surface area contributed by atoms with E-state index in [0.29, 0.717) is 11.9 Å². The number of nitrogens with zero attached hydrogens (tertiary/aromatic N) is 1. The number of carbonyl (C=O) groups excluding carboxylic acids is 1. The monoisotopic (exact) mass is 238 g/mol. The molecule has 0 radical (unpaired) electrons. The Balaban J connectivity index is 1.89. The van der Waals surface area contributed by atoms with E-state index in [4.69, 9.17) is 0 Å². The number of rotatable bonds is 2. The Hall–Kier alpha value is -0.570. The molecule has 0 saturated carbocycles. The fourth-order valence-electron chi connectivity index (χ4n) is 3.21. The van der Waals surface area contributed by atoms with Crippen molar-refractivity contribution in [2.75, 3.05) is 19.6 Å². The van der Waals surface area contributed by atoms with Gasteiger partial charge in [-0.05, 0) is 45.1 Å². The molecule has 1 amide bonds. The van der Waals surface area contributed by atoms with E-state index < -0.39 is 0 Å². The summed E-state index contributed by atoms with van der Waals surface area (Å²) in [7, 11) is 0. The van der Waals surface area contributed by atoms with Crippen molar-refractivity contribution in [1.29, 1.82) is 0 Å². The number of amides is 1. The minimum Gasteiger partial charge on any atom is -0.342 e. The Bertz CT molecular complexity index is 267. The van der Waals surface area contributed by atoms with Crippen molar-refractivity contribution >= 4 is 5.91 Å². The third-order valence-electron chi connectivity index (χ3n) is 4.38. The summed E-state index contributed by atoms with van der Waals surface area (Å²) in [6.45, 7) is 7.43. The average Bonchev–Trinajstić information content (AvgIpc) is 2.38. The van der Waals surface area contributed by atoms with Gasteiger partial charge in [0.15, 0.2) is 0 Å². The summed E-state index contributed by atoms with van der Waals surface area (Å²) in [4.78, 5) is 14.6. The third kappa shape index (κ3) is 3.21. The van der Waals surface area contributed by atoms with Gasteiger partial charge in [-0.2, -0.15) is 0 Å². The van der Waals surface area contributed by atoms with Gasteiger partial charge in [0, 0.05) is 25.0 Å². The topological polar surface area (TPSA) is 32.3 Å². The minimum atomic E-state index is 0.279. The highest BCUT2D eigenvalue weighted by molar-refractivity contribution is 5.79. The smallest absolute Gasteiger partial charge is 0.225 e. The molecule has 2 rings (SSSR count). The van der Waals surface area contributed by atoms with Gasteiger partial charge in [-0.25, -0.2) is 0 Å². The quantitative estimate of drug-likeness (QED) is 0.798.